The Kier molecular flexibility index (Phi) is 6.14. The molecule has 0 heterocycles. The Morgan fingerprint density at radius 2 is 2.14 bits per heavy atom. The number of aryl methyl sites for hydroxylation is 1. The highest BCUT2D eigenvalue weighted by Crippen LogP contribution is 2.14. The smallest absolute Gasteiger partial charge is 0.256 e. The fourth-order valence-electron chi connectivity index (χ4n) is 1.98. The molecular weight excluding hydrogens is 273 g/mol. The Balaban J connectivity index is 2.93. The van der Waals surface area contributed by atoms with E-state index in [-0.39, 0.29) is 36.2 Å². The van der Waals surface area contributed by atoms with Gasteiger partial charge in [-0.3, -0.25) is 4.79 Å². The Morgan fingerprint density at radius 1 is 1.48 bits per heavy atom. The largest absolute Gasteiger partial charge is 0.409 e. The van der Waals surface area contributed by atoms with Gasteiger partial charge < -0.3 is 15.8 Å². The van der Waals surface area contributed by atoms with Crippen LogP contribution in [0.2, 0.25) is 0 Å². The lowest BCUT2D eigenvalue weighted by molar-refractivity contribution is 0.0736. The molecule has 21 heavy (non-hydrogen) atoms. The number of carbonyl (C=O) groups is 1. The van der Waals surface area contributed by atoms with E-state index in [0.717, 1.165) is 5.56 Å². The summed E-state index contributed by atoms with van der Waals surface area (Å²) in [5.74, 6) is -0.639. The van der Waals surface area contributed by atoms with Crippen molar-refractivity contribution in [1.82, 2.24) is 4.90 Å². The first-order chi connectivity index (χ1) is 9.85. The van der Waals surface area contributed by atoms with Crippen LogP contribution in [0.3, 0.4) is 0 Å². The Bertz CT molecular complexity index is 530. The van der Waals surface area contributed by atoms with Gasteiger partial charge >= 0.3 is 0 Å². The molecule has 6 heteroatoms. The van der Waals surface area contributed by atoms with Crippen LogP contribution in [0.5, 0.6) is 0 Å². The molecule has 116 valence electrons. The molecule has 0 radical (unpaired) electrons. The van der Waals surface area contributed by atoms with Crippen molar-refractivity contribution in [3.05, 3.63) is 35.1 Å². The summed E-state index contributed by atoms with van der Waals surface area (Å²) in [4.78, 5) is 14.0. The first-order valence-electron chi connectivity index (χ1n) is 6.87. The third kappa shape index (κ3) is 5.06. The van der Waals surface area contributed by atoms with Crippen molar-refractivity contribution < 1.29 is 14.4 Å². The van der Waals surface area contributed by atoms with Crippen LogP contribution in [0.15, 0.2) is 23.4 Å². The lowest BCUT2D eigenvalue weighted by Gasteiger charge is -2.24. The maximum absolute atomic E-state index is 13.9. The minimum atomic E-state index is -0.530. The van der Waals surface area contributed by atoms with E-state index in [2.05, 4.69) is 5.16 Å². The fraction of sp³-hybridized carbons (Fsp3) is 0.467. The lowest BCUT2D eigenvalue weighted by atomic mass is 10.1. The molecule has 1 aromatic rings. The second-order valence-electron chi connectivity index (χ2n) is 5.47. The molecule has 0 aliphatic carbocycles. The number of amidine groups is 1. The Labute approximate surface area is 124 Å². The van der Waals surface area contributed by atoms with Gasteiger partial charge in [0, 0.05) is 19.5 Å². The number of carbonyl (C=O) groups excluding carboxylic acids is 1. The molecule has 1 rings (SSSR count). The van der Waals surface area contributed by atoms with Gasteiger partial charge in [0.1, 0.15) is 11.7 Å². The van der Waals surface area contributed by atoms with E-state index in [4.69, 9.17) is 10.9 Å². The molecule has 3 N–H and O–H groups in total. The van der Waals surface area contributed by atoms with Gasteiger partial charge in [0.25, 0.3) is 5.91 Å². The topological polar surface area (TPSA) is 78.9 Å². The average Bonchev–Trinajstić information content (AvgIpc) is 2.42. The summed E-state index contributed by atoms with van der Waals surface area (Å²) in [5, 5.41) is 11.4. The number of nitrogens with zero attached hydrogens (tertiary/aromatic N) is 2. The predicted molar refractivity (Wildman–Crippen MR) is 79.9 cm³/mol. The van der Waals surface area contributed by atoms with Gasteiger partial charge in [0.15, 0.2) is 0 Å². The van der Waals surface area contributed by atoms with Crippen molar-refractivity contribution in [2.75, 3.05) is 13.1 Å². The maximum Gasteiger partial charge on any atom is 0.256 e. The molecule has 0 atom stereocenters. The summed E-state index contributed by atoms with van der Waals surface area (Å²) in [5.41, 5.74) is 6.23. The molecule has 0 saturated carbocycles. The number of benzene rings is 1. The van der Waals surface area contributed by atoms with E-state index in [1.807, 2.05) is 13.8 Å². The van der Waals surface area contributed by atoms with Gasteiger partial charge in [-0.15, -0.1) is 0 Å². The molecule has 5 nitrogen and oxygen atoms in total. The molecule has 0 spiro atoms. The zero-order chi connectivity index (χ0) is 16.0. The van der Waals surface area contributed by atoms with Crippen molar-refractivity contribution in [2.45, 2.75) is 27.2 Å². The first-order valence-corrected chi connectivity index (χ1v) is 6.87. The lowest BCUT2D eigenvalue weighted by Crippen LogP contribution is -2.37. The van der Waals surface area contributed by atoms with Crippen molar-refractivity contribution in [3.8, 4) is 0 Å². The van der Waals surface area contributed by atoms with E-state index in [1.54, 1.807) is 13.0 Å². The standard InChI is InChI=1S/C15H22FN3O2/c1-10(2)9-19(7-6-14(17)18-21)15(20)12-5-4-11(3)8-13(12)16/h4-5,8,10,21H,6-7,9H2,1-3H3,(H2,17,18). The third-order valence-corrected chi connectivity index (χ3v) is 2.99. The van der Waals surface area contributed by atoms with Crippen LogP contribution >= 0.6 is 0 Å². The minimum Gasteiger partial charge on any atom is -0.409 e. The molecule has 0 aromatic heterocycles. The summed E-state index contributed by atoms with van der Waals surface area (Å²) in [6, 6.07) is 4.53. The van der Waals surface area contributed by atoms with E-state index in [0.29, 0.717) is 6.54 Å². The maximum atomic E-state index is 13.9. The molecule has 0 fully saturated rings. The molecule has 0 unspecified atom stereocenters. The molecule has 0 saturated heterocycles. The number of nitrogens with two attached hydrogens (primary N) is 1. The van der Waals surface area contributed by atoms with Crippen LogP contribution in [0.1, 0.15) is 36.2 Å². The number of amides is 1. The summed E-state index contributed by atoms with van der Waals surface area (Å²) < 4.78 is 13.9. The molecule has 1 amide bonds. The Morgan fingerprint density at radius 3 is 2.67 bits per heavy atom. The SMILES string of the molecule is Cc1ccc(C(=O)N(CC/C(N)=N/O)CC(C)C)c(F)c1. The van der Waals surface area contributed by atoms with Crippen molar-refractivity contribution in [1.29, 1.82) is 0 Å². The zero-order valence-electron chi connectivity index (χ0n) is 12.6. The van der Waals surface area contributed by atoms with Crippen molar-refractivity contribution in [2.24, 2.45) is 16.8 Å². The molecule has 0 bridgehead atoms. The monoisotopic (exact) mass is 295 g/mol. The van der Waals surface area contributed by atoms with Gasteiger partial charge in [-0.1, -0.05) is 25.1 Å². The van der Waals surface area contributed by atoms with E-state index < -0.39 is 5.82 Å². The molecule has 0 aliphatic heterocycles. The number of rotatable bonds is 6. The fourth-order valence-corrected chi connectivity index (χ4v) is 1.98. The van der Waals surface area contributed by atoms with Gasteiger partial charge in [-0.05, 0) is 30.5 Å². The number of oxime groups is 1. The normalized spacial score (nSPS) is 11.8. The van der Waals surface area contributed by atoms with Crippen LogP contribution in [-0.2, 0) is 0 Å². The predicted octanol–water partition coefficient (Wildman–Crippen LogP) is 2.37. The van der Waals surface area contributed by atoms with Crippen LogP contribution in [0.25, 0.3) is 0 Å². The molecule has 0 aliphatic rings. The van der Waals surface area contributed by atoms with Crippen LogP contribution in [0, 0.1) is 18.7 Å². The van der Waals surface area contributed by atoms with Gasteiger partial charge in [-0.25, -0.2) is 4.39 Å². The second kappa shape index (κ2) is 7.61. The number of hydrogen-bond donors (Lipinski definition) is 2. The summed E-state index contributed by atoms with van der Waals surface area (Å²) >= 11 is 0. The highest BCUT2D eigenvalue weighted by atomic mass is 19.1. The highest BCUT2D eigenvalue weighted by Gasteiger charge is 2.20. The number of hydrogen-bond acceptors (Lipinski definition) is 3. The molecular formula is C15H22FN3O2. The van der Waals surface area contributed by atoms with Crippen LogP contribution in [-0.4, -0.2) is 34.9 Å². The van der Waals surface area contributed by atoms with Crippen LogP contribution < -0.4 is 5.73 Å². The van der Waals surface area contributed by atoms with Crippen LogP contribution in [0.4, 0.5) is 4.39 Å². The number of halogens is 1. The van der Waals surface area contributed by atoms with Gasteiger partial charge in [-0.2, -0.15) is 0 Å². The summed E-state index contributed by atoms with van der Waals surface area (Å²) in [6.45, 7) is 6.46. The van der Waals surface area contributed by atoms with Gasteiger partial charge in [0.2, 0.25) is 0 Å². The highest BCUT2D eigenvalue weighted by molar-refractivity contribution is 5.95. The summed E-state index contributed by atoms with van der Waals surface area (Å²) in [7, 11) is 0. The van der Waals surface area contributed by atoms with E-state index >= 15 is 0 Å². The summed E-state index contributed by atoms with van der Waals surface area (Å²) in [6.07, 6.45) is 0.239. The quantitative estimate of drug-likeness (QED) is 0.366. The Hall–Kier alpha value is -2.11. The first kappa shape index (κ1) is 16.9. The minimum absolute atomic E-state index is 0.0424. The zero-order valence-corrected chi connectivity index (χ0v) is 12.6. The van der Waals surface area contributed by atoms with Crippen molar-refractivity contribution >= 4 is 11.7 Å². The average molecular weight is 295 g/mol. The van der Waals surface area contributed by atoms with E-state index in [1.165, 1.54) is 17.0 Å². The van der Waals surface area contributed by atoms with E-state index in [9.17, 15) is 9.18 Å². The van der Waals surface area contributed by atoms with Crippen molar-refractivity contribution in [3.63, 3.8) is 0 Å². The molecule has 1 aromatic carbocycles. The van der Waals surface area contributed by atoms with Gasteiger partial charge in [0.05, 0.1) is 5.56 Å². The third-order valence-electron chi connectivity index (χ3n) is 2.99. The second-order valence-corrected chi connectivity index (χ2v) is 5.47.